The summed E-state index contributed by atoms with van der Waals surface area (Å²) in [7, 11) is 0. The van der Waals surface area contributed by atoms with Gasteiger partial charge in [0.1, 0.15) is 5.60 Å². The second kappa shape index (κ2) is 8.19. The lowest BCUT2D eigenvalue weighted by atomic mass is 10.0. The summed E-state index contributed by atoms with van der Waals surface area (Å²) in [5.74, 6) is 0. The van der Waals surface area contributed by atoms with Crippen LogP contribution >= 0.6 is 0 Å². The smallest absolute Gasteiger partial charge is 0.410 e. The van der Waals surface area contributed by atoms with E-state index in [1.165, 1.54) is 44.9 Å². The highest BCUT2D eigenvalue weighted by Gasteiger charge is 2.30. The number of piperidine rings is 1. The molecule has 0 spiro atoms. The first-order valence-corrected chi connectivity index (χ1v) is 9.19. The highest BCUT2D eigenvalue weighted by atomic mass is 16.6. The van der Waals surface area contributed by atoms with Crippen molar-refractivity contribution in [3.05, 3.63) is 0 Å². The van der Waals surface area contributed by atoms with Gasteiger partial charge in [-0.25, -0.2) is 4.79 Å². The zero-order valence-corrected chi connectivity index (χ0v) is 14.7. The summed E-state index contributed by atoms with van der Waals surface area (Å²) in [6.07, 6.45) is 11.3. The number of carbonyl (C=O) groups excluding carboxylic acids is 1. The second-order valence-electron chi connectivity index (χ2n) is 7.92. The van der Waals surface area contributed by atoms with Crippen molar-refractivity contribution >= 4 is 6.09 Å². The van der Waals surface area contributed by atoms with Gasteiger partial charge in [0, 0.05) is 25.2 Å². The number of nitrogens with one attached hydrogen (secondary N) is 1. The van der Waals surface area contributed by atoms with Gasteiger partial charge in [-0.15, -0.1) is 0 Å². The van der Waals surface area contributed by atoms with Gasteiger partial charge < -0.3 is 15.0 Å². The SMILES string of the molecule is CC(C)(C)OC(=O)N1CCCCC1CNC1CCCCCC1. The first kappa shape index (κ1) is 17.6. The first-order valence-electron chi connectivity index (χ1n) is 9.19. The van der Waals surface area contributed by atoms with Crippen molar-refractivity contribution in [1.29, 1.82) is 0 Å². The van der Waals surface area contributed by atoms with Gasteiger partial charge >= 0.3 is 6.09 Å². The average Bonchev–Trinajstić information content (AvgIpc) is 2.72. The van der Waals surface area contributed by atoms with E-state index in [2.05, 4.69) is 5.32 Å². The van der Waals surface area contributed by atoms with Gasteiger partial charge in [-0.3, -0.25) is 0 Å². The zero-order chi connectivity index (χ0) is 16.0. The molecule has 1 unspecified atom stereocenters. The lowest BCUT2D eigenvalue weighted by molar-refractivity contribution is 0.00960. The molecule has 1 amide bonds. The van der Waals surface area contributed by atoms with Gasteiger partial charge in [0.15, 0.2) is 0 Å². The largest absolute Gasteiger partial charge is 0.444 e. The Hall–Kier alpha value is -0.770. The number of carbonyl (C=O) groups is 1. The minimum Gasteiger partial charge on any atom is -0.444 e. The number of hydrogen-bond acceptors (Lipinski definition) is 3. The Morgan fingerprint density at radius 3 is 2.32 bits per heavy atom. The molecule has 1 heterocycles. The lowest BCUT2D eigenvalue weighted by Crippen LogP contribution is -2.51. The van der Waals surface area contributed by atoms with E-state index in [0.29, 0.717) is 12.1 Å². The molecule has 2 rings (SSSR count). The summed E-state index contributed by atoms with van der Waals surface area (Å²) in [6, 6.07) is 0.941. The minimum atomic E-state index is -0.409. The van der Waals surface area contributed by atoms with Crippen LogP contribution in [0, 0.1) is 0 Å². The minimum absolute atomic E-state index is 0.139. The Bertz CT molecular complexity index is 343. The average molecular weight is 310 g/mol. The normalized spacial score (nSPS) is 24.9. The molecule has 1 aliphatic carbocycles. The van der Waals surface area contributed by atoms with Crippen molar-refractivity contribution in [3.8, 4) is 0 Å². The van der Waals surface area contributed by atoms with Crippen molar-refractivity contribution in [1.82, 2.24) is 10.2 Å². The number of rotatable bonds is 3. The van der Waals surface area contributed by atoms with Gasteiger partial charge in [0.2, 0.25) is 0 Å². The number of likely N-dealkylation sites (tertiary alicyclic amines) is 1. The molecule has 0 aromatic heterocycles. The van der Waals surface area contributed by atoms with Crippen LogP contribution in [0.5, 0.6) is 0 Å². The first-order chi connectivity index (χ1) is 10.5. The molecule has 1 saturated carbocycles. The summed E-state index contributed by atoms with van der Waals surface area (Å²) in [6.45, 7) is 7.57. The van der Waals surface area contributed by atoms with Crippen molar-refractivity contribution in [3.63, 3.8) is 0 Å². The van der Waals surface area contributed by atoms with Gasteiger partial charge in [0.25, 0.3) is 0 Å². The molecule has 128 valence electrons. The molecular weight excluding hydrogens is 276 g/mol. The van der Waals surface area contributed by atoms with Crippen LogP contribution in [0.25, 0.3) is 0 Å². The predicted octanol–water partition coefficient (Wildman–Crippen LogP) is 4.09. The van der Waals surface area contributed by atoms with E-state index in [0.717, 1.165) is 25.9 Å². The third-order valence-corrected chi connectivity index (χ3v) is 4.75. The maximum absolute atomic E-state index is 12.4. The van der Waals surface area contributed by atoms with Crippen molar-refractivity contribution in [2.45, 2.75) is 96.2 Å². The molecular formula is C18H34N2O2. The molecule has 4 heteroatoms. The number of nitrogens with zero attached hydrogens (tertiary/aromatic N) is 1. The van der Waals surface area contributed by atoms with Crippen LogP contribution in [0.1, 0.15) is 78.6 Å². The van der Waals surface area contributed by atoms with Crippen LogP contribution in [0.2, 0.25) is 0 Å². The van der Waals surface area contributed by atoms with E-state index in [1.807, 2.05) is 25.7 Å². The Balaban J connectivity index is 1.84. The molecule has 22 heavy (non-hydrogen) atoms. The molecule has 0 radical (unpaired) electrons. The summed E-state index contributed by atoms with van der Waals surface area (Å²) < 4.78 is 5.58. The van der Waals surface area contributed by atoms with Crippen molar-refractivity contribution in [2.24, 2.45) is 0 Å². The standard InChI is InChI=1S/C18H34N2O2/c1-18(2,3)22-17(21)20-13-9-8-12-16(20)14-19-15-10-6-4-5-7-11-15/h15-16,19H,4-14H2,1-3H3. The Labute approximate surface area is 136 Å². The summed E-state index contributed by atoms with van der Waals surface area (Å²) >= 11 is 0. The lowest BCUT2D eigenvalue weighted by Gasteiger charge is -2.37. The van der Waals surface area contributed by atoms with Gasteiger partial charge in [-0.1, -0.05) is 25.7 Å². The van der Waals surface area contributed by atoms with Gasteiger partial charge in [-0.2, -0.15) is 0 Å². The number of hydrogen-bond donors (Lipinski definition) is 1. The fourth-order valence-corrected chi connectivity index (χ4v) is 3.56. The molecule has 0 aromatic rings. The van der Waals surface area contributed by atoms with Crippen LogP contribution < -0.4 is 5.32 Å². The van der Waals surface area contributed by atoms with Gasteiger partial charge in [-0.05, 0) is 52.9 Å². The Kier molecular flexibility index (Phi) is 6.54. The van der Waals surface area contributed by atoms with E-state index in [-0.39, 0.29) is 6.09 Å². The molecule has 2 aliphatic rings. The highest BCUT2D eigenvalue weighted by Crippen LogP contribution is 2.21. The highest BCUT2D eigenvalue weighted by molar-refractivity contribution is 5.68. The van der Waals surface area contributed by atoms with Crippen LogP contribution in [0.15, 0.2) is 0 Å². The number of ether oxygens (including phenoxy) is 1. The zero-order valence-electron chi connectivity index (χ0n) is 14.7. The Morgan fingerprint density at radius 2 is 1.68 bits per heavy atom. The number of amides is 1. The maximum Gasteiger partial charge on any atom is 0.410 e. The van der Waals surface area contributed by atoms with Gasteiger partial charge in [0.05, 0.1) is 0 Å². The fraction of sp³-hybridized carbons (Fsp3) is 0.944. The Morgan fingerprint density at radius 1 is 1.05 bits per heavy atom. The molecule has 1 aliphatic heterocycles. The van der Waals surface area contributed by atoms with Crippen LogP contribution in [0.4, 0.5) is 4.79 Å². The van der Waals surface area contributed by atoms with E-state index in [4.69, 9.17) is 4.74 Å². The van der Waals surface area contributed by atoms with E-state index >= 15 is 0 Å². The molecule has 0 aromatic carbocycles. The molecule has 4 nitrogen and oxygen atoms in total. The monoisotopic (exact) mass is 310 g/mol. The fourth-order valence-electron chi connectivity index (χ4n) is 3.56. The summed E-state index contributed by atoms with van der Waals surface area (Å²) in [5.41, 5.74) is -0.409. The summed E-state index contributed by atoms with van der Waals surface area (Å²) in [4.78, 5) is 14.4. The van der Waals surface area contributed by atoms with Crippen molar-refractivity contribution in [2.75, 3.05) is 13.1 Å². The molecule has 1 N–H and O–H groups in total. The van der Waals surface area contributed by atoms with E-state index in [9.17, 15) is 4.79 Å². The molecule has 0 bridgehead atoms. The van der Waals surface area contributed by atoms with E-state index < -0.39 is 5.60 Å². The third-order valence-electron chi connectivity index (χ3n) is 4.75. The predicted molar refractivity (Wildman–Crippen MR) is 90.1 cm³/mol. The maximum atomic E-state index is 12.4. The molecule has 1 atom stereocenters. The van der Waals surface area contributed by atoms with E-state index in [1.54, 1.807) is 0 Å². The van der Waals surface area contributed by atoms with Crippen LogP contribution in [0.3, 0.4) is 0 Å². The third kappa shape index (κ3) is 5.79. The summed E-state index contributed by atoms with van der Waals surface area (Å²) in [5, 5.41) is 3.73. The quantitative estimate of drug-likeness (QED) is 0.798. The van der Waals surface area contributed by atoms with Crippen molar-refractivity contribution < 1.29 is 9.53 Å². The van der Waals surface area contributed by atoms with Crippen LogP contribution in [-0.4, -0.2) is 41.8 Å². The topological polar surface area (TPSA) is 41.6 Å². The van der Waals surface area contributed by atoms with Crippen LogP contribution in [-0.2, 0) is 4.74 Å². The molecule has 2 fully saturated rings. The molecule has 1 saturated heterocycles. The second-order valence-corrected chi connectivity index (χ2v) is 7.92.